The Bertz CT molecular complexity index is 1390. The van der Waals surface area contributed by atoms with Gasteiger partial charge in [0.1, 0.15) is 34.1 Å². The van der Waals surface area contributed by atoms with E-state index in [2.05, 4.69) is 5.10 Å². The van der Waals surface area contributed by atoms with Gasteiger partial charge in [-0.3, -0.25) is 9.48 Å². The van der Waals surface area contributed by atoms with Gasteiger partial charge in [-0.05, 0) is 17.7 Å². The first kappa shape index (κ1) is 25.6. The smallest absolute Gasteiger partial charge is 0.342 e. The van der Waals surface area contributed by atoms with Crippen LogP contribution >= 0.6 is 11.6 Å². The number of nitrogens with two attached hydrogens (primary N) is 1. The monoisotopic (exact) mass is 518 g/mol. The predicted molar refractivity (Wildman–Crippen MR) is 114 cm³/mol. The fourth-order valence-electron chi connectivity index (χ4n) is 3.50. The van der Waals surface area contributed by atoms with Crippen LogP contribution in [0.4, 0.5) is 23.4 Å². The lowest BCUT2D eigenvalue weighted by Crippen LogP contribution is -2.24. The molecule has 15 heteroatoms. The number of H-pyrrole nitrogens is 1. The molecule has 3 rings (SSSR count). The lowest BCUT2D eigenvalue weighted by Gasteiger charge is -2.16. The van der Waals surface area contributed by atoms with Crippen LogP contribution in [-0.2, 0) is 6.54 Å². The van der Waals surface area contributed by atoms with Crippen molar-refractivity contribution in [2.24, 2.45) is 0 Å². The molecule has 0 saturated heterocycles. The predicted octanol–water partition coefficient (Wildman–Crippen LogP) is 3.80. The number of halogens is 5. The number of methoxy groups -OCH3 is 1. The first-order valence-electron chi connectivity index (χ1n) is 9.40. The first-order chi connectivity index (χ1) is 16.4. The quantitative estimate of drug-likeness (QED) is 0.327. The lowest BCUT2D eigenvalue weighted by molar-refractivity contribution is 0.0695. The second-order valence-electron chi connectivity index (χ2n) is 6.97. The first-order valence-corrected chi connectivity index (χ1v) is 9.78. The van der Waals surface area contributed by atoms with Crippen molar-refractivity contribution in [2.45, 2.75) is 19.4 Å². The second-order valence-corrected chi connectivity index (χ2v) is 7.35. The number of rotatable bonds is 8. The van der Waals surface area contributed by atoms with E-state index >= 15 is 0 Å². The van der Waals surface area contributed by atoms with Crippen molar-refractivity contribution in [3.05, 3.63) is 61.7 Å². The fraction of sp³-hybridized carbons (Fsp3) is 0.200. The van der Waals surface area contributed by atoms with Crippen LogP contribution < -0.4 is 16.0 Å². The van der Waals surface area contributed by atoms with Gasteiger partial charge in [0.25, 0.3) is 18.4 Å². The van der Waals surface area contributed by atoms with E-state index in [1.165, 1.54) is 19.2 Å². The summed E-state index contributed by atoms with van der Waals surface area (Å²) in [5.74, 6) is -4.01. The number of hydrogen-bond donors (Lipinski definition) is 4. The molecule has 0 amide bonds. The molecule has 0 saturated carbocycles. The van der Waals surface area contributed by atoms with E-state index in [1.54, 1.807) is 0 Å². The van der Waals surface area contributed by atoms with Gasteiger partial charge in [-0.2, -0.15) is 5.10 Å². The molecule has 10 nitrogen and oxygen atoms in total. The highest BCUT2D eigenvalue weighted by molar-refractivity contribution is 6.32. The summed E-state index contributed by atoms with van der Waals surface area (Å²) in [7, 11) is 1.21. The second kappa shape index (κ2) is 9.66. The Balaban J connectivity index is 2.29. The van der Waals surface area contributed by atoms with Crippen molar-refractivity contribution in [3.63, 3.8) is 0 Å². The van der Waals surface area contributed by atoms with Gasteiger partial charge in [0.15, 0.2) is 0 Å². The van der Waals surface area contributed by atoms with Gasteiger partial charge in [0, 0.05) is 11.1 Å². The molecule has 0 radical (unpaired) electrons. The van der Waals surface area contributed by atoms with E-state index in [0.717, 1.165) is 6.07 Å². The van der Waals surface area contributed by atoms with Crippen molar-refractivity contribution in [1.29, 1.82) is 0 Å². The van der Waals surface area contributed by atoms with Crippen molar-refractivity contribution < 1.29 is 42.1 Å². The van der Waals surface area contributed by atoms with Crippen molar-refractivity contribution >= 4 is 29.4 Å². The lowest BCUT2D eigenvalue weighted by atomic mass is 9.94. The third-order valence-corrected chi connectivity index (χ3v) is 5.32. The molecule has 0 aliphatic carbocycles. The summed E-state index contributed by atoms with van der Waals surface area (Å²) >= 11 is 5.68. The molecule has 2 heterocycles. The third kappa shape index (κ3) is 4.64. The minimum absolute atomic E-state index is 0.00147. The van der Waals surface area contributed by atoms with Crippen LogP contribution in [0.25, 0.3) is 11.1 Å². The summed E-state index contributed by atoms with van der Waals surface area (Å²) in [6, 6.07) is 3.59. The molecule has 0 bridgehead atoms. The van der Waals surface area contributed by atoms with Crippen LogP contribution in [0.1, 0.15) is 50.5 Å². The Morgan fingerprint density at radius 1 is 1.17 bits per heavy atom. The molecule has 0 aliphatic heterocycles. The molecular formula is C20H15ClF4N4O6. The number of alkyl halides is 4. The average molecular weight is 519 g/mol. The maximum absolute atomic E-state index is 13.6. The number of aromatic amines is 1. The number of pyridine rings is 1. The Hall–Kier alpha value is -4.07. The normalized spacial score (nSPS) is 11.3. The van der Waals surface area contributed by atoms with E-state index in [4.69, 9.17) is 22.1 Å². The van der Waals surface area contributed by atoms with Gasteiger partial charge < -0.3 is 25.7 Å². The number of hydrogen-bond acceptors (Lipinski definition) is 6. The highest BCUT2D eigenvalue weighted by Gasteiger charge is 2.30. The van der Waals surface area contributed by atoms with Crippen molar-refractivity contribution in [1.82, 2.24) is 14.8 Å². The topological polar surface area (TPSA) is 161 Å². The van der Waals surface area contributed by atoms with Crippen LogP contribution in [0.15, 0.2) is 23.0 Å². The van der Waals surface area contributed by atoms with E-state index in [-0.39, 0.29) is 16.9 Å². The highest BCUT2D eigenvalue weighted by atomic mass is 35.5. The Labute approximate surface area is 197 Å². The number of nitrogen functional groups attached to an aromatic ring is 1. The van der Waals surface area contributed by atoms with Gasteiger partial charge in [-0.25, -0.2) is 27.2 Å². The van der Waals surface area contributed by atoms with Crippen LogP contribution in [0, 0.1) is 0 Å². The zero-order valence-corrected chi connectivity index (χ0v) is 18.2. The molecule has 2 aromatic heterocycles. The molecule has 3 aromatic rings. The number of carbonyl (C=O) groups is 2. The number of aromatic carboxylic acids is 2. The number of carboxylic acids is 2. The van der Waals surface area contributed by atoms with Crippen LogP contribution in [0.2, 0.25) is 5.02 Å². The summed E-state index contributed by atoms with van der Waals surface area (Å²) < 4.78 is 59.2. The number of ether oxygens (including phenoxy) is 1. The van der Waals surface area contributed by atoms with Gasteiger partial charge >= 0.3 is 11.9 Å². The van der Waals surface area contributed by atoms with Gasteiger partial charge in [0.2, 0.25) is 0 Å². The molecule has 35 heavy (non-hydrogen) atoms. The molecule has 0 fully saturated rings. The summed E-state index contributed by atoms with van der Waals surface area (Å²) in [6.45, 7) is -0.605. The largest absolute Gasteiger partial charge is 0.496 e. The van der Waals surface area contributed by atoms with Crippen molar-refractivity contribution in [2.75, 3.05) is 12.8 Å². The molecule has 186 valence electrons. The summed E-state index contributed by atoms with van der Waals surface area (Å²) in [4.78, 5) is 37.8. The number of anilines is 1. The van der Waals surface area contributed by atoms with E-state index < -0.39 is 75.8 Å². The van der Waals surface area contributed by atoms with Crippen molar-refractivity contribution in [3.8, 4) is 16.9 Å². The summed E-state index contributed by atoms with van der Waals surface area (Å²) in [5, 5.41) is 21.7. The highest BCUT2D eigenvalue weighted by Crippen LogP contribution is 2.37. The van der Waals surface area contributed by atoms with E-state index in [0.29, 0.717) is 4.68 Å². The summed E-state index contributed by atoms with van der Waals surface area (Å²) in [5.41, 5.74) is -0.0222. The molecule has 0 aliphatic rings. The third-order valence-electron chi connectivity index (χ3n) is 4.93. The molecule has 0 unspecified atom stereocenters. The number of aromatic nitrogens is 3. The van der Waals surface area contributed by atoms with Crippen LogP contribution in [0.5, 0.6) is 5.75 Å². The Kier molecular flexibility index (Phi) is 7.05. The van der Waals surface area contributed by atoms with Gasteiger partial charge in [-0.15, -0.1) is 0 Å². The van der Waals surface area contributed by atoms with Gasteiger partial charge in [-0.1, -0.05) is 17.7 Å². The zero-order valence-electron chi connectivity index (χ0n) is 17.5. The van der Waals surface area contributed by atoms with Crippen LogP contribution in [-0.4, -0.2) is 44.0 Å². The standard InChI is InChI=1S/C20H15ClF4N4O6/c1-35-8-3-2-6(9-10(19(31)32)17(26)27-18(30)11(9)20(33)34)4-7(8)5-29-14(16(24)25)12(21)13(28-29)15(22)23/h2-4,15-16H,5H2,1H3,(H,31,32)(H,33,34)(H3,26,27,30). The average Bonchev–Trinajstić information content (AvgIpc) is 3.08. The molecular weight excluding hydrogens is 504 g/mol. The fourth-order valence-corrected chi connectivity index (χ4v) is 3.80. The maximum Gasteiger partial charge on any atom is 0.342 e. The molecule has 1 aromatic carbocycles. The molecule has 5 N–H and O–H groups in total. The Morgan fingerprint density at radius 2 is 1.80 bits per heavy atom. The zero-order chi connectivity index (χ0) is 26.2. The minimum Gasteiger partial charge on any atom is -0.496 e. The molecule has 0 atom stereocenters. The van der Waals surface area contributed by atoms with Gasteiger partial charge in [0.05, 0.1) is 18.7 Å². The van der Waals surface area contributed by atoms with E-state index in [1.807, 2.05) is 4.98 Å². The number of nitrogens with zero attached hydrogens (tertiary/aromatic N) is 2. The minimum atomic E-state index is -3.28. The summed E-state index contributed by atoms with van der Waals surface area (Å²) in [6.07, 6.45) is -6.52. The van der Waals surface area contributed by atoms with E-state index in [9.17, 15) is 42.2 Å². The number of benzene rings is 1. The SMILES string of the molecule is COc1ccc(-c2c(C(=O)O)c(N)[nH]c(=O)c2C(=O)O)cc1Cn1nc(C(F)F)c(Cl)c1C(F)F. The molecule has 0 spiro atoms. The number of nitrogens with one attached hydrogen (secondary N) is 1. The number of carboxylic acid groups (broad SMARTS) is 2. The Morgan fingerprint density at radius 3 is 2.31 bits per heavy atom. The van der Waals surface area contributed by atoms with Crippen LogP contribution in [0.3, 0.4) is 0 Å². The maximum atomic E-state index is 13.6.